The van der Waals surface area contributed by atoms with Crippen LogP contribution in [0.2, 0.25) is 0 Å². The molecule has 5 heteroatoms. The highest BCUT2D eigenvalue weighted by Gasteiger charge is 2.23. The van der Waals surface area contributed by atoms with Crippen LogP contribution in [0.5, 0.6) is 0 Å². The van der Waals surface area contributed by atoms with E-state index in [1.54, 1.807) is 12.4 Å². The molecule has 118 valence electrons. The van der Waals surface area contributed by atoms with E-state index in [9.17, 15) is 0 Å². The number of H-pyrrole nitrogens is 1. The molecular formula is C17H25N5. The Morgan fingerprint density at radius 2 is 2.14 bits per heavy atom. The van der Waals surface area contributed by atoms with Crippen LogP contribution < -0.4 is 0 Å². The topological polar surface area (TPSA) is 57.7 Å². The van der Waals surface area contributed by atoms with Gasteiger partial charge in [0.05, 0.1) is 5.69 Å². The Balaban J connectivity index is 1.78. The number of aromatic amines is 1. The van der Waals surface area contributed by atoms with Gasteiger partial charge in [-0.3, -0.25) is 15.1 Å². The van der Waals surface area contributed by atoms with Crippen LogP contribution in [0.4, 0.5) is 0 Å². The van der Waals surface area contributed by atoms with Crippen molar-refractivity contribution in [3.05, 3.63) is 29.8 Å². The summed E-state index contributed by atoms with van der Waals surface area (Å²) in [5.41, 5.74) is 3.95. The first-order chi connectivity index (χ1) is 10.6. The molecule has 0 spiro atoms. The van der Waals surface area contributed by atoms with Crippen molar-refractivity contribution < 1.29 is 0 Å². The van der Waals surface area contributed by atoms with Gasteiger partial charge in [0.15, 0.2) is 0 Å². The summed E-state index contributed by atoms with van der Waals surface area (Å²) in [6, 6.07) is 2.66. The molecule has 5 nitrogen and oxygen atoms in total. The third kappa shape index (κ3) is 3.35. The van der Waals surface area contributed by atoms with Crippen molar-refractivity contribution in [2.45, 2.75) is 46.1 Å². The highest BCUT2D eigenvalue weighted by atomic mass is 15.2. The lowest BCUT2D eigenvalue weighted by atomic mass is 9.91. The third-order valence-corrected chi connectivity index (χ3v) is 4.49. The molecule has 2 aromatic rings. The summed E-state index contributed by atoms with van der Waals surface area (Å²) in [5.74, 6) is 0.659. The maximum absolute atomic E-state index is 4.59. The molecule has 0 bridgehead atoms. The lowest BCUT2D eigenvalue weighted by molar-refractivity contribution is 0.139. The molecule has 2 aromatic heterocycles. The number of likely N-dealkylation sites (tertiary alicyclic amines) is 1. The van der Waals surface area contributed by atoms with Crippen molar-refractivity contribution in [3.8, 4) is 11.4 Å². The third-order valence-electron chi connectivity index (χ3n) is 4.49. The van der Waals surface area contributed by atoms with Crippen molar-refractivity contribution in [2.24, 2.45) is 5.92 Å². The van der Waals surface area contributed by atoms with Gasteiger partial charge in [-0.15, -0.1) is 0 Å². The fraction of sp³-hybridized carbons (Fsp3) is 0.588. The van der Waals surface area contributed by atoms with Crippen LogP contribution in [-0.2, 0) is 6.42 Å². The first kappa shape index (κ1) is 15.2. The number of aryl methyl sites for hydroxylation is 1. The monoisotopic (exact) mass is 299 g/mol. The summed E-state index contributed by atoms with van der Waals surface area (Å²) in [7, 11) is 0. The zero-order valence-corrected chi connectivity index (χ0v) is 13.7. The molecule has 0 radical (unpaired) electrons. The Hall–Kier alpha value is -1.75. The Labute approximate surface area is 132 Å². The van der Waals surface area contributed by atoms with Crippen LogP contribution in [-0.4, -0.2) is 44.2 Å². The number of aromatic nitrogens is 4. The number of nitrogens with zero attached hydrogens (tertiary/aromatic N) is 4. The molecule has 1 aliphatic heterocycles. The van der Waals surface area contributed by atoms with E-state index in [0.717, 1.165) is 35.7 Å². The second-order valence-corrected chi connectivity index (χ2v) is 6.59. The average Bonchev–Trinajstić information content (AvgIpc) is 2.94. The first-order valence-corrected chi connectivity index (χ1v) is 8.20. The molecule has 0 saturated carbocycles. The van der Waals surface area contributed by atoms with E-state index < -0.39 is 0 Å². The van der Waals surface area contributed by atoms with Gasteiger partial charge < -0.3 is 4.90 Å². The standard InChI is InChI=1S/C17H25N5/c1-12(2)22-8-4-5-14(11-22)10-15-17(19-7-6-18-15)16-9-13(3)20-21-16/h6-7,9,12,14H,4-5,8,10-11H2,1-3H3,(H,20,21). The smallest absolute Gasteiger partial charge is 0.113 e. The van der Waals surface area contributed by atoms with Crippen LogP contribution in [0.3, 0.4) is 0 Å². The molecule has 1 unspecified atom stereocenters. The maximum Gasteiger partial charge on any atom is 0.113 e. The number of rotatable bonds is 4. The van der Waals surface area contributed by atoms with Crippen molar-refractivity contribution in [1.82, 2.24) is 25.1 Å². The number of hydrogen-bond acceptors (Lipinski definition) is 4. The molecule has 3 heterocycles. The molecule has 1 aliphatic rings. The number of nitrogens with one attached hydrogen (secondary N) is 1. The van der Waals surface area contributed by atoms with Gasteiger partial charge in [-0.2, -0.15) is 5.10 Å². The SMILES string of the molecule is Cc1cc(-c2nccnc2CC2CCCN(C(C)C)C2)n[nH]1. The summed E-state index contributed by atoms with van der Waals surface area (Å²) in [6.45, 7) is 8.95. The molecule has 22 heavy (non-hydrogen) atoms. The predicted molar refractivity (Wildman–Crippen MR) is 87.5 cm³/mol. The van der Waals surface area contributed by atoms with E-state index in [-0.39, 0.29) is 0 Å². The summed E-state index contributed by atoms with van der Waals surface area (Å²) in [6.07, 6.45) is 7.09. The van der Waals surface area contributed by atoms with Gasteiger partial charge in [0.2, 0.25) is 0 Å². The van der Waals surface area contributed by atoms with E-state index in [2.05, 4.69) is 38.9 Å². The lowest BCUT2D eigenvalue weighted by Gasteiger charge is -2.35. The normalized spacial score (nSPS) is 19.7. The van der Waals surface area contributed by atoms with Gasteiger partial charge in [-0.05, 0) is 58.6 Å². The van der Waals surface area contributed by atoms with Gasteiger partial charge in [0.1, 0.15) is 11.4 Å². The van der Waals surface area contributed by atoms with E-state index >= 15 is 0 Å². The Morgan fingerprint density at radius 3 is 2.86 bits per heavy atom. The molecular weight excluding hydrogens is 274 g/mol. The fourth-order valence-electron chi connectivity index (χ4n) is 3.28. The van der Waals surface area contributed by atoms with Crippen molar-refractivity contribution in [3.63, 3.8) is 0 Å². The highest BCUT2D eigenvalue weighted by molar-refractivity contribution is 5.56. The van der Waals surface area contributed by atoms with Gasteiger partial charge >= 0.3 is 0 Å². The molecule has 0 amide bonds. The minimum atomic E-state index is 0.623. The van der Waals surface area contributed by atoms with E-state index in [0.29, 0.717) is 12.0 Å². The molecule has 0 aromatic carbocycles. The average molecular weight is 299 g/mol. The van der Waals surface area contributed by atoms with Crippen LogP contribution in [0.15, 0.2) is 18.5 Å². The summed E-state index contributed by atoms with van der Waals surface area (Å²) >= 11 is 0. The largest absolute Gasteiger partial charge is 0.301 e. The molecule has 1 saturated heterocycles. The van der Waals surface area contributed by atoms with Crippen LogP contribution in [0.25, 0.3) is 11.4 Å². The molecule has 0 aliphatic carbocycles. The predicted octanol–water partition coefficient (Wildman–Crippen LogP) is 2.84. The lowest BCUT2D eigenvalue weighted by Crippen LogP contribution is -2.40. The van der Waals surface area contributed by atoms with Crippen molar-refractivity contribution in [2.75, 3.05) is 13.1 Å². The molecule has 1 fully saturated rings. The van der Waals surface area contributed by atoms with E-state index in [4.69, 9.17) is 0 Å². The number of piperidine rings is 1. The van der Waals surface area contributed by atoms with Gasteiger partial charge in [0.25, 0.3) is 0 Å². The molecule has 3 rings (SSSR count). The summed E-state index contributed by atoms with van der Waals surface area (Å²) < 4.78 is 0. The van der Waals surface area contributed by atoms with E-state index in [1.165, 1.54) is 19.4 Å². The van der Waals surface area contributed by atoms with Crippen LogP contribution >= 0.6 is 0 Å². The minimum absolute atomic E-state index is 0.623. The zero-order chi connectivity index (χ0) is 15.5. The van der Waals surface area contributed by atoms with E-state index in [1.807, 2.05) is 13.0 Å². The van der Waals surface area contributed by atoms with Gasteiger partial charge in [0, 0.05) is 30.7 Å². The van der Waals surface area contributed by atoms with Crippen molar-refractivity contribution >= 4 is 0 Å². The Morgan fingerprint density at radius 1 is 1.32 bits per heavy atom. The van der Waals surface area contributed by atoms with Gasteiger partial charge in [-0.1, -0.05) is 0 Å². The second-order valence-electron chi connectivity index (χ2n) is 6.59. The molecule has 1 N–H and O–H groups in total. The second kappa shape index (κ2) is 6.57. The van der Waals surface area contributed by atoms with Crippen LogP contribution in [0.1, 0.15) is 38.1 Å². The highest BCUT2D eigenvalue weighted by Crippen LogP contribution is 2.25. The quantitative estimate of drug-likeness (QED) is 0.943. The fourth-order valence-corrected chi connectivity index (χ4v) is 3.28. The minimum Gasteiger partial charge on any atom is -0.301 e. The number of hydrogen-bond donors (Lipinski definition) is 1. The first-order valence-electron chi connectivity index (χ1n) is 8.20. The van der Waals surface area contributed by atoms with Crippen molar-refractivity contribution in [1.29, 1.82) is 0 Å². The Bertz CT molecular complexity index is 619. The summed E-state index contributed by atoms with van der Waals surface area (Å²) in [5, 5.41) is 7.34. The summed E-state index contributed by atoms with van der Waals surface area (Å²) in [4.78, 5) is 11.7. The van der Waals surface area contributed by atoms with Gasteiger partial charge in [-0.25, -0.2) is 0 Å². The zero-order valence-electron chi connectivity index (χ0n) is 13.7. The molecule has 1 atom stereocenters. The maximum atomic E-state index is 4.59. The van der Waals surface area contributed by atoms with Crippen LogP contribution in [0, 0.1) is 12.8 Å². The Kier molecular flexibility index (Phi) is 4.52.